The Balaban J connectivity index is 1.60. The number of carbonyl (C=O) groups excluding carboxylic acids is 2. The molecule has 122 valence electrons. The molecular formula is C15H24N4O3. The van der Waals surface area contributed by atoms with Gasteiger partial charge in [-0.05, 0) is 12.8 Å². The maximum Gasteiger partial charge on any atom is 0.251 e. The van der Waals surface area contributed by atoms with Crippen LogP contribution in [-0.2, 0) is 14.3 Å². The molecule has 0 spiro atoms. The van der Waals surface area contributed by atoms with Crippen molar-refractivity contribution in [2.24, 2.45) is 5.92 Å². The lowest BCUT2D eigenvalue weighted by atomic mass is 9.81. The van der Waals surface area contributed by atoms with Gasteiger partial charge in [-0.1, -0.05) is 12.8 Å². The van der Waals surface area contributed by atoms with Gasteiger partial charge in [0.1, 0.15) is 12.6 Å². The highest BCUT2D eigenvalue weighted by molar-refractivity contribution is 5.89. The fraction of sp³-hybridized carbons (Fsp3) is 0.733. The summed E-state index contributed by atoms with van der Waals surface area (Å²) in [5.41, 5.74) is 3.42. The van der Waals surface area contributed by atoms with E-state index in [2.05, 4.69) is 10.7 Å². The van der Waals surface area contributed by atoms with Crippen LogP contribution in [0.15, 0.2) is 12.4 Å². The largest absolute Gasteiger partial charge is 0.383 e. The van der Waals surface area contributed by atoms with E-state index in [4.69, 9.17) is 4.74 Å². The fourth-order valence-corrected chi connectivity index (χ4v) is 3.64. The molecule has 0 bridgehead atoms. The Bertz CT molecular complexity index is 468. The summed E-state index contributed by atoms with van der Waals surface area (Å²) < 4.78 is 4.90. The van der Waals surface area contributed by atoms with E-state index in [0.717, 1.165) is 12.8 Å². The number of rotatable bonds is 5. The first-order chi connectivity index (χ1) is 10.7. The molecule has 22 heavy (non-hydrogen) atoms. The first-order valence-corrected chi connectivity index (χ1v) is 7.99. The molecule has 3 rings (SSSR count). The number of nitrogens with one attached hydrogen (secondary N) is 2. The van der Waals surface area contributed by atoms with Gasteiger partial charge in [-0.25, -0.2) is 5.43 Å². The van der Waals surface area contributed by atoms with E-state index < -0.39 is 0 Å². The smallest absolute Gasteiger partial charge is 0.251 e. The van der Waals surface area contributed by atoms with Crippen LogP contribution in [0.4, 0.5) is 0 Å². The standard InChI is InChI=1S/C15H24N4O3/c1-22-9-6-16-13(20)10-18-7-8-19-14(15(18)21)11-4-2-3-5-12(11)17-19/h7-8,11-12,14,17H,2-6,9-10H2,1H3,(H,16,20). The summed E-state index contributed by atoms with van der Waals surface area (Å²) in [6.45, 7) is 1.00. The van der Waals surface area contributed by atoms with Crippen LogP contribution < -0.4 is 10.7 Å². The van der Waals surface area contributed by atoms with Crippen LogP contribution >= 0.6 is 0 Å². The zero-order valence-corrected chi connectivity index (χ0v) is 13.0. The molecule has 2 fully saturated rings. The molecule has 0 aromatic carbocycles. The third-order valence-corrected chi connectivity index (χ3v) is 4.73. The minimum Gasteiger partial charge on any atom is -0.383 e. The molecule has 0 radical (unpaired) electrons. The van der Waals surface area contributed by atoms with Crippen molar-refractivity contribution < 1.29 is 14.3 Å². The lowest BCUT2D eigenvalue weighted by Gasteiger charge is -2.34. The van der Waals surface area contributed by atoms with Crippen LogP contribution in [-0.4, -0.2) is 60.6 Å². The van der Waals surface area contributed by atoms with Crippen LogP contribution in [0.5, 0.6) is 0 Å². The summed E-state index contributed by atoms with van der Waals surface area (Å²) >= 11 is 0. The number of hydrogen-bond donors (Lipinski definition) is 2. The van der Waals surface area contributed by atoms with E-state index in [1.165, 1.54) is 17.7 Å². The quantitative estimate of drug-likeness (QED) is 0.689. The van der Waals surface area contributed by atoms with Crippen molar-refractivity contribution in [2.75, 3.05) is 26.8 Å². The molecule has 0 aromatic heterocycles. The van der Waals surface area contributed by atoms with Gasteiger partial charge in [0.15, 0.2) is 0 Å². The van der Waals surface area contributed by atoms with Gasteiger partial charge < -0.3 is 20.0 Å². The van der Waals surface area contributed by atoms with Gasteiger partial charge in [0.2, 0.25) is 5.91 Å². The molecule has 1 saturated heterocycles. The number of fused-ring (bicyclic) bond motifs is 3. The van der Waals surface area contributed by atoms with E-state index in [0.29, 0.717) is 25.1 Å². The number of ether oxygens (including phenoxy) is 1. The van der Waals surface area contributed by atoms with Gasteiger partial charge in [-0.2, -0.15) is 0 Å². The van der Waals surface area contributed by atoms with Crippen LogP contribution in [0.2, 0.25) is 0 Å². The van der Waals surface area contributed by atoms with E-state index in [9.17, 15) is 9.59 Å². The van der Waals surface area contributed by atoms with E-state index >= 15 is 0 Å². The van der Waals surface area contributed by atoms with E-state index in [-0.39, 0.29) is 24.4 Å². The first-order valence-electron chi connectivity index (χ1n) is 7.99. The third kappa shape index (κ3) is 2.96. The lowest BCUT2D eigenvalue weighted by molar-refractivity contribution is -0.139. The molecule has 1 aliphatic carbocycles. The molecule has 3 aliphatic rings. The van der Waals surface area contributed by atoms with Gasteiger partial charge >= 0.3 is 0 Å². The summed E-state index contributed by atoms with van der Waals surface area (Å²) in [5.74, 6) is 0.214. The first kappa shape index (κ1) is 15.3. The van der Waals surface area contributed by atoms with Crippen molar-refractivity contribution in [1.29, 1.82) is 0 Å². The molecule has 3 unspecified atom stereocenters. The second-order valence-corrected chi connectivity index (χ2v) is 6.14. The molecule has 2 amide bonds. The molecular weight excluding hydrogens is 284 g/mol. The SMILES string of the molecule is COCCNC(=O)CN1C=CN2NC3CCCCC3C2C1=O. The van der Waals surface area contributed by atoms with Crippen LogP contribution in [0, 0.1) is 5.92 Å². The Hall–Kier alpha value is -1.60. The zero-order chi connectivity index (χ0) is 15.5. The van der Waals surface area contributed by atoms with Gasteiger partial charge in [-0.15, -0.1) is 0 Å². The molecule has 1 saturated carbocycles. The predicted octanol–water partition coefficient (Wildman–Crippen LogP) is -0.190. The molecule has 0 aromatic rings. The lowest BCUT2D eigenvalue weighted by Crippen LogP contribution is -2.52. The Morgan fingerprint density at radius 2 is 2.23 bits per heavy atom. The van der Waals surface area contributed by atoms with Crippen LogP contribution in [0.3, 0.4) is 0 Å². The minimum atomic E-state index is -0.165. The number of carbonyl (C=O) groups is 2. The minimum absolute atomic E-state index is 0.0197. The Labute approximate surface area is 130 Å². The average molecular weight is 308 g/mol. The highest BCUT2D eigenvalue weighted by atomic mass is 16.5. The average Bonchev–Trinajstić information content (AvgIpc) is 2.89. The fourth-order valence-electron chi connectivity index (χ4n) is 3.64. The topological polar surface area (TPSA) is 73.9 Å². The summed E-state index contributed by atoms with van der Waals surface area (Å²) in [5, 5.41) is 4.68. The van der Waals surface area contributed by atoms with Crippen LogP contribution in [0.25, 0.3) is 0 Å². The summed E-state index contributed by atoms with van der Waals surface area (Å²) in [7, 11) is 1.59. The van der Waals surface area contributed by atoms with E-state index in [1.54, 1.807) is 13.3 Å². The normalized spacial score (nSPS) is 30.2. The van der Waals surface area contributed by atoms with Gasteiger partial charge in [0.25, 0.3) is 5.91 Å². The van der Waals surface area contributed by atoms with Crippen molar-refractivity contribution in [3.63, 3.8) is 0 Å². The monoisotopic (exact) mass is 308 g/mol. The molecule has 2 N–H and O–H groups in total. The summed E-state index contributed by atoms with van der Waals surface area (Å²) in [6.07, 6.45) is 8.18. The van der Waals surface area contributed by atoms with Crippen molar-refractivity contribution in [2.45, 2.75) is 37.8 Å². The predicted molar refractivity (Wildman–Crippen MR) is 80.2 cm³/mol. The molecule has 2 aliphatic heterocycles. The number of methoxy groups -OCH3 is 1. The van der Waals surface area contributed by atoms with Crippen molar-refractivity contribution in [3.8, 4) is 0 Å². The molecule has 3 atom stereocenters. The highest BCUT2D eigenvalue weighted by Gasteiger charge is 2.48. The maximum absolute atomic E-state index is 12.7. The number of nitrogens with zero attached hydrogens (tertiary/aromatic N) is 2. The second kappa shape index (κ2) is 6.66. The molecule has 2 heterocycles. The molecule has 7 nitrogen and oxygen atoms in total. The summed E-state index contributed by atoms with van der Waals surface area (Å²) in [4.78, 5) is 26.1. The maximum atomic E-state index is 12.7. The van der Waals surface area contributed by atoms with Crippen molar-refractivity contribution in [1.82, 2.24) is 20.7 Å². The third-order valence-electron chi connectivity index (χ3n) is 4.73. The summed E-state index contributed by atoms with van der Waals surface area (Å²) in [6, 6.07) is 0.227. The van der Waals surface area contributed by atoms with Gasteiger partial charge in [-0.3, -0.25) is 9.59 Å². The van der Waals surface area contributed by atoms with Crippen molar-refractivity contribution in [3.05, 3.63) is 12.4 Å². The Kier molecular flexibility index (Phi) is 4.63. The number of hydrogen-bond acceptors (Lipinski definition) is 5. The van der Waals surface area contributed by atoms with Gasteiger partial charge in [0, 0.05) is 38.0 Å². The number of hydrazine groups is 1. The number of amides is 2. The Morgan fingerprint density at radius 1 is 1.41 bits per heavy atom. The van der Waals surface area contributed by atoms with Crippen molar-refractivity contribution >= 4 is 11.8 Å². The second-order valence-electron chi connectivity index (χ2n) is 6.14. The zero-order valence-electron chi connectivity index (χ0n) is 13.0. The van der Waals surface area contributed by atoms with E-state index in [1.807, 2.05) is 11.2 Å². The Morgan fingerprint density at radius 3 is 3.05 bits per heavy atom. The molecule has 7 heteroatoms. The van der Waals surface area contributed by atoms with Gasteiger partial charge in [0.05, 0.1) is 6.61 Å². The highest BCUT2D eigenvalue weighted by Crippen LogP contribution is 2.36. The van der Waals surface area contributed by atoms with Crippen LogP contribution in [0.1, 0.15) is 25.7 Å².